The molecule has 1 N–H and O–H groups in total. The predicted octanol–water partition coefficient (Wildman–Crippen LogP) is 3.97. The molecule has 0 saturated carbocycles. The second kappa shape index (κ2) is 4.86. The number of hydrogen-bond acceptors (Lipinski definition) is 4. The number of fused-ring (bicyclic) bond motifs is 1. The summed E-state index contributed by atoms with van der Waals surface area (Å²) in [4.78, 5) is 15.0. The van der Waals surface area contributed by atoms with Crippen molar-refractivity contribution in [2.24, 2.45) is 0 Å². The normalized spacial score (nSPS) is 10.7. The van der Waals surface area contributed by atoms with Gasteiger partial charge in [-0.2, -0.15) is 4.98 Å². The topological polar surface area (TPSA) is 72.6 Å². The number of benzene rings is 2. The zero-order valence-corrected chi connectivity index (χ0v) is 10.8. The van der Waals surface area contributed by atoms with Gasteiger partial charge in [0.05, 0.1) is 10.6 Å². The zero-order chi connectivity index (χ0) is 14.1. The number of aromatic carboxylic acids is 1. The molecule has 3 aromatic rings. The molecule has 1 heterocycles. The quantitative estimate of drug-likeness (QED) is 0.789. The van der Waals surface area contributed by atoms with Gasteiger partial charge in [-0.1, -0.05) is 23.7 Å². The maximum atomic E-state index is 10.9. The maximum absolute atomic E-state index is 10.9. The van der Waals surface area contributed by atoms with Crippen molar-refractivity contribution in [2.45, 2.75) is 0 Å². The van der Waals surface area contributed by atoms with E-state index in [0.29, 0.717) is 21.9 Å². The van der Waals surface area contributed by atoms with E-state index in [9.17, 15) is 4.79 Å². The number of carboxylic acid groups (broad SMARTS) is 1. The first-order valence-electron chi connectivity index (χ1n) is 5.70. The molecule has 0 aliphatic heterocycles. The van der Waals surface area contributed by atoms with E-state index in [1.165, 1.54) is 12.1 Å². The number of aromatic nitrogens is 1. The Morgan fingerprint density at radius 2 is 2.05 bits per heavy atom. The highest BCUT2D eigenvalue weighted by molar-refractivity contribution is 6.32. The Bertz CT molecular complexity index is 797. The van der Waals surface area contributed by atoms with Crippen LogP contribution in [0.4, 0.5) is 0 Å². The number of carboxylic acids is 1. The summed E-state index contributed by atoms with van der Waals surface area (Å²) in [6.45, 7) is 0. The molecule has 20 heavy (non-hydrogen) atoms. The van der Waals surface area contributed by atoms with Crippen molar-refractivity contribution in [3.63, 3.8) is 0 Å². The van der Waals surface area contributed by atoms with Crippen molar-refractivity contribution in [3.05, 3.63) is 53.1 Å². The van der Waals surface area contributed by atoms with Crippen molar-refractivity contribution in [2.75, 3.05) is 0 Å². The summed E-state index contributed by atoms with van der Waals surface area (Å²) in [7, 11) is 0. The second-order valence-corrected chi connectivity index (χ2v) is 4.41. The van der Waals surface area contributed by atoms with Gasteiger partial charge in [-0.15, -0.1) is 0 Å². The molecule has 0 unspecified atom stereocenters. The van der Waals surface area contributed by atoms with Gasteiger partial charge < -0.3 is 14.3 Å². The van der Waals surface area contributed by atoms with Crippen molar-refractivity contribution in [1.82, 2.24) is 4.98 Å². The van der Waals surface area contributed by atoms with Crippen LogP contribution in [-0.2, 0) is 0 Å². The molecule has 100 valence electrons. The molecular weight excluding hydrogens is 282 g/mol. The Hall–Kier alpha value is -2.53. The van der Waals surface area contributed by atoms with E-state index in [1.54, 1.807) is 30.3 Å². The number of rotatable bonds is 3. The van der Waals surface area contributed by atoms with Crippen molar-refractivity contribution in [3.8, 4) is 11.8 Å². The van der Waals surface area contributed by atoms with E-state index < -0.39 is 5.97 Å². The number of nitrogens with zero attached hydrogens (tertiary/aromatic N) is 1. The second-order valence-electron chi connectivity index (χ2n) is 4.00. The highest BCUT2D eigenvalue weighted by Crippen LogP contribution is 2.30. The summed E-state index contributed by atoms with van der Waals surface area (Å²) in [5.74, 6) is -0.615. The lowest BCUT2D eigenvalue weighted by Crippen LogP contribution is -1.94. The van der Waals surface area contributed by atoms with Crippen LogP contribution in [0.2, 0.25) is 5.02 Å². The summed E-state index contributed by atoms with van der Waals surface area (Å²) >= 11 is 5.97. The molecule has 6 heteroatoms. The highest BCUT2D eigenvalue weighted by atomic mass is 35.5. The Kier molecular flexibility index (Phi) is 3.04. The van der Waals surface area contributed by atoms with Gasteiger partial charge in [-0.05, 0) is 30.3 Å². The first-order chi connectivity index (χ1) is 9.63. The largest absolute Gasteiger partial charge is 0.478 e. The van der Waals surface area contributed by atoms with E-state index in [4.69, 9.17) is 25.9 Å². The van der Waals surface area contributed by atoms with Crippen LogP contribution in [-0.4, -0.2) is 16.1 Å². The summed E-state index contributed by atoms with van der Waals surface area (Å²) in [5, 5.41) is 9.34. The van der Waals surface area contributed by atoms with Gasteiger partial charge in [0.15, 0.2) is 11.3 Å². The maximum Gasteiger partial charge on any atom is 0.400 e. The number of para-hydroxylation sites is 1. The van der Waals surface area contributed by atoms with Crippen molar-refractivity contribution in [1.29, 1.82) is 0 Å². The molecule has 0 aliphatic carbocycles. The van der Waals surface area contributed by atoms with Gasteiger partial charge in [-0.25, -0.2) is 4.79 Å². The van der Waals surface area contributed by atoms with Crippen LogP contribution in [0, 0.1) is 0 Å². The summed E-state index contributed by atoms with van der Waals surface area (Å²) in [5.41, 5.74) is 0.974. The van der Waals surface area contributed by atoms with Crippen LogP contribution in [0.25, 0.3) is 11.1 Å². The van der Waals surface area contributed by atoms with Gasteiger partial charge >= 0.3 is 12.0 Å². The first-order valence-corrected chi connectivity index (χ1v) is 6.07. The fourth-order valence-electron chi connectivity index (χ4n) is 1.70. The highest BCUT2D eigenvalue weighted by Gasteiger charge is 2.12. The van der Waals surface area contributed by atoms with Crippen LogP contribution in [0.1, 0.15) is 10.4 Å². The molecule has 0 bridgehead atoms. The van der Waals surface area contributed by atoms with Crippen LogP contribution < -0.4 is 4.74 Å². The summed E-state index contributed by atoms with van der Waals surface area (Å²) in [6.07, 6.45) is 0.00985. The molecule has 0 amide bonds. The third-order valence-electron chi connectivity index (χ3n) is 2.65. The van der Waals surface area contributed by atoms with Crippen LogP contribution in [0.5, 0.6) is 11.8 Å². The van der Waals surface area contributed by atoms with E-state index in [-0.39, 0.29) is 11.6 Å². The van der Waals surface area contributed by atoms with Gasteiger partial charge in [-0.3, -0.25) is 0 Å². The van der Waals surface area contributed by atoms with Crippen LogP contribution in [0.15, 0.2) is 46.9 Å². The Balaban J connectivity index is 1.97. The summed E-state index contributed by atoms with van der Waals surface area (Å²) < 4.78 is 10.8. The third-order valence-corrected chi connectivity index (χ3v) is 2.96. The molecule has 0 atom stereocenters. The Labute approximate surface area is 118 Å². The first kappa shape index (κ1) is 12.5. The van der Waals surface area contributed by atoms with Crippen LogP contribution >= 0.6 is 11.6 Å². The molecule has 5 nitrogen and oxygen atoms in total. The van der Waals surface area contributed by atoms with Crippen LogP contribution in [0.3, 0.4) is 0 Å². The van der Waals surface area contributed by atoms with Gasteiger partial charge in [0.2, 0.25) is 0 Å². The number of ether oxygens (including phenoxy) is 1. The number of oxazole rings is 1. The lowest BCUT2D eigenvalue weighted by Gasteiger charge is -2.01. The predicted molar refractivity (Wildman–Crippen MR) is 72.5 cm³/mol. The van der Waals surface area contributed by atoms with E-state index in [2.05, 4.69) is 4.98 Å². The van der Waals surface area contributed by atoms with Gasteiger partial charge in [0, 0.05) is 0 Å². The van der Waals surface area contributed by atoms with E-state index >= 15 is 0 Å². The van der Waals surface area contributed by atoms with Gasteiger partial charge in [0.1, 0.15) is 5.52 Å². The molecule has 0 saturated heterocycles. The monoisotopic (exact) mass is 289 g/mol. The molecule has 1 aromatic heterocycles. The average Bonchev–Trinajstić information content (AvgIpc) is 2.82. The molecule has 0 fully saturated rings. The zero-order valence-electron chi connectivity index (χ0n) is 10.0. The number of halogens is 1. The fraction of sp³-hybridized carbons (Fsp3) is 0. The van der Waals surface area contributed by atoms with E-state index in [0.717, 1.165) is 0 Å². The lowest BCUT2D eigenvalue weighted by atomic mass is 10.2. The van der Waals surface area contributed by atoms with Crippen molar-refractivity contribution < 1.29 is 19.1 Å². The van der Waals surface area contributed by atoms with Gasteiger partial charge in [0.25, 0.3) is 0 Å². The molecule has 0 radical (unpaired) electrons. The molecule has 0 spiro atoms. The Morgan fingerprint density at radius 1 is 1.25 bits per heavy atom. The lowest BCUT2D eigenvalue weighted by molar-refractivity contribution is 0.0697. The number of hydrogen-bond donors (Lipinski definition) is 1. The fourth-order valence-corrected chi connectivity index (χ4v) is 1.88. The molecular formula is C14H8ClNO4. The minimum absolute atomic E-state index is 0.00985. The Morgan fingerprint density at radius 3 is 2.80 bits per heavy atom. The summed E-state index contributed by atoms with van der Waals surface area (Å²) in [6, 6.07) is 11.3. The standard InChI is InChI=1S/C14H8ClNO4/c15-9-3-1-2-4-11(9)19-14-16-10-6-5-8(13(17)18)7-12(10)20-14/h1-7H,(H,17,18). The van der Waals surface area contributed by atoms with E-state index in [1.807, 2.05) is 0 Å². The molecule has 2 aromatic carbocycles. The molecule has 3 rings (SSSR count). The SMILES string of the molecule is O=C(O)c1ccc2nc(Oc3ccccc3Cl)oc2c1. The minimum atomic E-state index is -1.03. The number of carbonyl (C=O) groups is 1. The minimum Gasteiger partial charge on any atom is -0.478 e. The average molecular weight is 290 g/mol. The smallest absolute Gasteiger partial charge is 0.400 e. The molecule has 0 aliphatic rings. The van der Waals surface area contributed by atoms with Crippen molar-refractivity contribution >= 4 is 28.7 Å². The third kappa shape index (κ3) is 2.31.